The minimum atomic E-state index is -0.430. The molecule has 0 N–H and O–H groups in total. The summed E-state index contributed by atoms with van der Waals surface area (Å²) in [5, 5.41) is 0. The molecule has 0 aliphatic heterocycles. The van der Waals surface area contributed by atoms with Gasteiger partial charge in [-0.25, -0.2) is 0 Å². The van der Waals surface area contributed by atoms with Crippen molar-refractivity contribution in [1.82, 2.24) is 0 Å². The van der Waals surface area contributed by atoms with Crippen LogP contribution in [0.25, 0.3) is 0 Å². The number of halogens is 1. The highest BCUT2D eigenvalue weighted by Gasteiger charge is 2.08. The lowest BCUT2D eigenvalue weighted by atomic mass is 10.2. The fourth-order valence-corrected chi connectivity index (χ4v) is 1.51. The number of benzene rings is 1. The SMILES string of the molecule is O=C(CCC(=O)OCCc1ccccc1)OCCCl. The molecule has 0 fully saturated rings. The summed E-state index contributed by atoms with van der Waals surface area (Å²) in [6.45, 7) is 0.489. The van der Waals surface area contributed by atoms with Gasteiger partial charge < -0.3 is 9.47 Å². The van der Waals surface area contributed by atoms with Gasteiger partial charge in [0.25, 0.3) is 0 Å². The van der Waals surface area contributed by atoms with E-state index in [1.165, 1.54) is 0 Å². The van der Waals surface area contributed by atoms with Crippen LogP contribution in [0.5, 0.6) is 0 Å². The number of carbonyl (C=O) groups is 2. The molecule has 0 aliphatic carbocycles. The minimum absolute atomic E-state index is 0.0288. The summed E-state index contributed by atoms with van der Waals surface area (Å²) in [4.78, 5) is 22.5. The summed E-state index contributed by atoms with van der Waals surface area (Å²) >= 11 is 5.37. The quantitative estimate of drug-likeness (QED) is 0.543. The largest absolute Gasteiger partial charge is 0.465 e. The molecular formula is C14H17ClO4. The number of alkyl halides is 1. The average molecular weight is 285 g/mol. The molecule has 19 heavy (non-hydrogen) atoms. The van der Waals surface area contributed by atoms with Crippen LogP contribution in [-0.2, 0) is 25.5 Å². The number of rotatable bonds is 8. The van der Waals surface area contributed by atoms with Crippen molar-refractivity contribution in [3.63, 3.8) is 0 Å². The van der Waals surface area contributed by atoms with E-state index >= 15 is 0 Å². The number of carbonyl (C=O) groups excluding carboxylic acids is 2. The van der Waals surface area contributed by atoms with Gasteiger partial charge in [0.2, 0.25) is 0 Å². The summed E-state index contributed by atoms with van der Waals surface area (Å²) in [7, 11) is 0. The predicted octanol–water partition coefficient (Wildman–Crippen LogP) is 2.33. The van der Waals surface area contributed by atoms with Gasteiger partial charge >= 0.3 is 11.9 Å². The Bertz CT molecular complexity index is 392. The Labute approximate surface area is 117 Å². The summed E-state index contributed by atoms with van der Waals surface area (Å²) in [5.41, 5.74) is 1.11. The fourth-order valence-electron chi connectivity index (χ4n) is 1.43. The molecule has 0 saturated heterocycles. The van der Waals surface area contributed by atoms with Crippen LogP contribution < -0.4 is 0 Å². The van der Waals surface area contributed by atoms with Crippen molar-refractivity contribution in [1.29, 1.82) is 0 Å². The van der Waals surface area contributed by atoms with Crippen molar-refractivity contribution in [2.45, 2.75) is 19.3 Å². The maximum absolute atomic E-state index is 11.4. The first kappa shape index (κ1) is 15.5. The summed E-state index contributed by atoms with van der Waals surface area (Å²) in [5.74, 6) is -0.563. The third kappa shape index (κ3) is 7.47. The molecule has 4 nitrogen and oxygen atoms in total. The Balaban J connectivity index is 2.10. The topological polar surface area (TPSA) is 52.6 Å². The third-order valence-corrected chi connectivity index (χ3v) is 2.52. The number of esters is 2. The monoisotopic (exact) mass is 284 g/mol. The normalized spacial score (nSPS) is 9.95. The van der Waals surface area contributed by atoms with Crippen LogP contribution in [0.4, 0.5) is 0 Å². The van der Waals surface area contributed by atoms with Crippen LogP contribution >= 0.6 is 11.6 Å². The number of hydrogen-bond acceptors (Lipinski definition) is 4. The molecule has 0 amide bonds. The van der Waals surface area contributed by atoms with Gasteiger partial charge in [-0.05, 0) is 5.56 Å². The predicted molar refractivity (Wildman–Crippen MR) is 72.0 cm³/mol. The van der Waals surface area contributed by atoms with Gasteiger partial charge in [-0.1, -0.05) is 30.3 Å². The standard InChI is InChI=1S/C14H17ClO4/c15-9-11-19-14(17)7-6-13(16)18-10-8-12-4-2-1-3-5-12/h1-5H,6-11H2. The van der Waals surface area contributed by atoms with E-state index in [4.69, 9.17) is 21.1 Å². The lowest BCUT2D eigenvalue weighted by Crippen LogP contribution is -2.12. The third-order valence-electron chi connectivity index (χ3n) is 2.37. The van der Waals surface area contributed by atoms with Crippen molar-refractivity contribution in [3.8, 4) is 0 Å². The molecule has 0 bridgehead atoms. The first-order valence-corrected chi connectivity index (χ1v) is 6.67. The molecule has 1 aromatic carbocycles. The second-order valence-electron chi connectivity index (χ2n) is 3.87. The zero-order valence-corrected chi connectivity index (χ0v) is 11.4. The van der Waals surface area contributed by atoms with Crippen LogP contribution in [0.1, 0.15) is 18.4 Å². The molecule has 5 heteroatoms. The van der Waals surface area contributed by atoms with E-state index in [0.717, 1.165) is 5.56 Å². The van der Waals surface area contributed by atoms with Crippen molar-refractivity contribution < 1.29 is 19.1 Å². The van der Waals surface area contributed by atoms with Crippen LogP contribution in [0.2, 0.25) is 0 Å². The molecule has 0 aromatic heterocycles. The van der Waals surface area contributed by atoms with E-state index in [-0.39, 0.29) is 25.3 Å². The van der Waals surface area contributed by atoms with E-state index in [1.807, 2.05) is 30.3 Å². The van der Waals surface area contributed by atoms with Crippen molar-refractivity contribution in [2.75, 3.05) is 19.1 Å². The molecule has 0 saturated carbocycles. The van der Waals surface area contributed by atoms with Gasteiger partial charge in [-0.15, -0.1) is 11.6 Å². The summed E-state index contributed by atoms with van der Waals surface area (Å²) < 4.78 is 9.76. The first-order chi connectivity index (χ1) is 9.22. The first-order valence-electron chi connectivity index (χ1n) is 6.13. The van der Waals surface area contributed by atoms with E-state index in [1.54, 1.807) is 0 Å². The molecule has 104 valence electrons. The van der Waals surface area contributed by atoms with Gasteiger partial charge in [0.05, 0.1) is 25.3 Å². The van der Waals surface area contributed by atoms with Gasteiger partial charge in [0.1, 0.15) is 6.61 Å². The average Bonchev–Trinajstić information content (AvgIpc) is 2.44. The van der Waals surface area contributed by atoms with Gasteiger partial charge in [0.15, 0.2) is 0 Å². The Morgan fingerprint density at radius 2 is 1.53 bits per heavy atom. The highest BCUT2D eigenvalue weighted by Crippen LogP contribution is 2.01. The molecule has 0 atom stereocenters. The minimum Gasteiger partial charge on any atom is -0.465 e. The highest BCUT2D eigenvalue weighted by molar-refractivity contribution is 6.18. The Morgan fingerprint density at radius 1 is 0.947 bits per heavy atom. The zero-order valence-electron chi connectivity index (χ0n) is 10.6. The second kappa shape index (κ2) is 9.39. The molecule has 0 aliphatic rings. The Hall–Kier alpha value is -1.55. The number of ether oxygens (including phenoxy) is 2. The maximum Gasteiger partial charge on any atom is 0.306 e. The van der Waals surface area contributed by atoms with E-state index in [0.29, 0.717) is 13.0 Å². The second-order valence-corrected chi connectivity index (χ2v) is 4.24. The molecule has 0 unspecified atom stereocenters. The van der Waals surface area contributed by atoms with Gasteiger partial charge in [0, 0.05) is 6.42 Å². The van der Waals surface area contributed by atoms with Gasteiger partial charge in [-0.2, -0.15) is 0 Å². The molecule has 0 heterocycles. The lowest BCUT2D eigenvalue weighted by Gasteiger charge is -2.05. The Morgan fingerprint density at radius 3 is 2.11 bits per heavy atom. The van der Waals surface area contributed by atoms with Crippen LogP contribution in [-0.4, -0.2) is 31.0 Å². The van der Waals surface area contributed by atoms with Crippen LogP contribution in [0, 0.1) is 0 Å². The fraction of sp³-hybridized carbons (Fsp3) is 0.429. The number of hydrogen-bond donors (Lipinski definition) is 0. The molecule has 0 radical (unpaired) electrons. The molecule has 1 rings (SSSR count). The van der Waals surface area contributed by atoms with Crippen molar-refractivity contribution in [3.05, 3.63) is 35.9 Å². The molecule has 0 spiro atoms. The van der Waals surface area contributed by atoms with Crippen molar-refractivity contribution in [2.24, 2.45) is 0 Å². The molecular weight excluding hydrogens is 268 g/mol. The maximum atomic E-state index is 11.4. The smallest absolute Gasteiger partial charge is 0.306 e. The lowest BCUT2D eigenvalue weighted by molar-refractivity contribution is -0.150. The van der Waals surface area contributed by atoms with E-state index < -0.39 is 11.9 Å². The van der Waals surface area contributed by atoms with Crippen molar-refractivity contribution >= 4 is 23.5 Å². The molecule has 1 aromatic rings. The van der Waals surface area contributed by atoms with Gasteiger partial charge in [-0.3, -0.25) is 9.59 Å². The van der Waals surface area contributed by atoms with E-state index in [9.17, 15) is 9.59 Å². The summed E-state index contributed by atoms with van der Waals surface area (Å²) in [6.07, 6.45) is 0.736. The zero-order chi connectivity index (χ0) is 13.9. The van der Waals surface area contributed by atoms with Crippen LogP contribution in [0.3, 0.4) is 0 Å². The van der Waals surface area contributed by atoms with Crippen LogP contribution in [0.15, 0.2) is 30.3 Å². The highest BCUT2D eigenvalue weighted by atomic mass is 35.5. The summed E-state index contributed by atoms with van der Waals surface area (Å²) in [6, 6.07) is 9.74. The Kier molecular flexibility index (Phi) is 7.66. The van der Waals surface area contributed by atoms with E-state index in [2.05, 4.69) is 0 Å².